The van der Waals surface area contributed by atoms with E-state index in [-0.39, 0.29) is 18.4 Å². The average Bonchev–Trinajstić information content (AvgIpc) is 2.39. The zero-order valence-corrected chi connectivity index (χ0v) is 10.4. The Morgan fingerprint density at radius 1 is 1.50 bits per heavy atom. The molecular formula is C14H17FN2O. The van der Waals surface area contributed by atoms with Gasteiger partial charge in [-0.3, -0.25) is 0 Å². The Morgan fingerprint density at radius 3 is 3.06 bits per heavy atom. The largest absolute Gasteiger partial charge is 0.322 e. The lowest BCUT2D eigenvalue weighted by molar-refractivity contribution is 0.210. The molecule has 0 radical (unpaired) electrons. The highest BCUT2D eigenvalue weighted by molar-refractivity contribution is 5.89. The normalized spacial score (nSPS) is 15.2. The standard InChI is InChI=1S/C14H17FN2O/c1-2-11-5-3-7-13(9-11)16-14(18)17-8-4-6-12(15)10-17/h3,5-7,9H,2,4,8,10H2,1H3,(H,16,18). The van der Waals surface area contributed by atoms with Gasteiger partial charge in [0, 0.05) is 12.2 Å². The van der Waals surface area contributed by atoms with Crippen LogP contribution in [-0.4, -0.2) is 24.0 Å². The average molecular weight is 248 g/mol. The van der Waals surface area contributed by atoms with E-state index in [0.717, 1.165) is 17.7 Å². The van der Waals surface area contributed by atoms with Crippen molar-refractivity contribution < 1.29 is 9.18 Å². The second-order valence-corrected chi connectivity index (χ2v) is 4.35. The van der Waals surface area contributed by atoms with Gasteiger partial charge in [0.1, 0.15) is 5.83 Å². The maximum atomic E-state index is 13.1. The minimum absolute atomic E-state index is 0.0688. The summed E-state index contributed by atoms with van der Waals surface area (Å²) < 4.78 is 13.1. The van der Waals surface area contributed by atoms with Gasteiger partial charge < -0.3 is 10.2 Å². The van der Waals surface area contributed by atoms with Crippen LogP contribution in [0.5, 0.6) is 0 Å². The lowest BCUT2D eigenvalue weighted by atomic mass is 10.1. The van der Waals surface area contributed by atoms with Crippen LogP contribution in [0, 0.1) is 0 Å². The number of hydrogen-bond donors (Lipinski definition) is 1. The van der Waals surface area contributed by atoms with Gasteiger partial charge in [0.2, 0.25) is 0 Å². The van der Waals surface area contributed by atoms with Crippen molar-refractivity contribution in [3.8, 4) is 0 Å². The number of urea groups is 1. The zero-order chi connectivity index (χ0) is 13.0. The molecule has 1 aromatic carbocycles. The maximum Gasteiger partial charge on any atom is 0.322 e. The molecule has 0 aromatic heterocycles. The van der Waals surface area contributed by atoms with E-state index in [2.05, 4.69) is 12.2 Å². The Kier molecular flexibility index (Phi) is 3.97. The minimum Gasteiger partial charge on any atom is -0.318 e. The summed E-state index contributed by atoms with van der Waals surface area (Å²) in [6, 6.07) is 7.46. The Bertz CT molecular complexity index is 471. The van der Waals surface area contributed by atoms with Crippen LogP contribution >= 0.6 is 0 Å². The van der Waals surface area contributed by atoms with Crippen LogP contribution in [0.15, 0.2) is 36.2 Å². The third-order valence-corrected chi connectivity index (χ3v) is 2.98. The van der Waals surface area contributed by atoms with Crippen LogP contribution in [0.25, 0.3) is 0 Å². The van der Waals surface area contributed by atoms with E-state index in [1.807, 2.05) is 24.3 Å². The molecule has 1 heterocycles. The number of benzene rings is 1. The summed E-state index contributed by atoms with van der Waals surface area (Å²) in [6.45, 7) is 2.69. The van der Waals surface area contributed by atoms with Gasteiger partial charge in [-0.15, -0.1) is 0 Å². The number of anilines is 1. The highest BCUT2D eigenvalue weighted by Crippen LogP contribution is 2.15. The number of carbonyl (C=O) groups excluding carboxylic acids is 1. The molecule has 1 aliphatic heterocycles. The molecule has 0 aliphatic carbocycles. The number of nitrogens with one attached hydrogen (secondary N) is 1. The Morgan fingerprint density at radius 2 is 2.33 bits per heavy atom. The number of hydrogen-bond acceptors (Lipinski definition) is 1. The molecule has 1 aliphatic rings. The lowest BCUT2D eigenvalue weighted by Crippen LogP contribution is -2.38. The molecule has 3 nitrogen and oxygen atoms in total. The van der Waals surface area contributed by atoms with E-state index in [0.29, 0.717) is 13.0 Å². The van der Waals surface area contributed by atoms with Gasteiger partial charge in [0.15, 0.2) is 0 Å². The monoisotopic (exact) mass is 248 g/mol. The molecule has 0 saturated heterocycles. The minimum atomic E-state index is -0.244. The molecule has 0 atom stereocenters. The van der Waals surface area contributed by atoms with E-state index >= 15 is 0 Å². The summed E-state index contributed by atoms with van der Waals surface area (Å²) in [5.74, 6) is -0.237. The molecule has 96 valence electrons. The van der Waals surface area contributed by atoms with Crippen molar-refractivity contribution in [2.75, 3.05) is 18.4 Å². The third-order valence-electron chi connectivity index (χ3n) is 2.98. The maximum absolute atomic E-state index is 13.1. The number of halogens is 1. The Labute approximate surface area is 106 Å². The van der Waals surface area contributed by atoms with Crippen LogP contribution in [-0.2, 0) is 6.42 Å². The Balaban J connectivity index is 2.00. The number of rotatable bonds is 2. The van der Waals surface area contributed by atoms with Crippen LogP contribution in [0.4, 0.5) is 14.9 Å². The van der Waals surface area contributed by atoms with Gasteiger partial charge in [-0.05, 0) is 36.6 Å². The van der Waals surface area contributed by atoms with E-state index < -0.39 is 0 Å². The van der Waals surface area contributed by atoms with Crippen LogP contribution < -0.4 is 5.32 Å². The summed E-state index contributed by atoms with van der Waals surface area (Å²) in [5, 5.41) is 2.80. The Hall–Kier alpha value is -1.84. The van der Waals surface area contributed by atoms with E-state index in [1.54, 1.807) is 0 Å². The molecule has 0 unspecified atom stereocenters. The van der Waals surface area contributed by atoms with Crippen molar-refractivity contribution in [3.05, 3.63) is 41.7 Å². The highest BCUT2D eigenvalue weighted by atomic mass is 19.1. The van der Waals surface area contributed by atoms with Crippen molar-refractivity contribution in [2.45, 2.75) is 19.8 Å². The van der Waals surface area contributed by atoms with E-state index in [9.17, 15) is 9.18 Å². The predicted molar refractivity (Wildman–Crippen MR) is 70.2 cm³/mol. The van der Waals surface area contributed by atoms with E-state index in [4.69, 9.17) is 0 Å². The molecule has 2 rings (SSSR count). The van der Waals surface area contributed by atoms with Crippen molar-refractivity contribution in [1.29, 1.82) is 0 Å². The number of amides is 2. The second kappa shape index (κ2) is 5.67. The molecule has 18 heavy (non-hydrogen) atoms. The fourth-order valence-corrected chi connectivity index (χ4v) is 1.95. The van der Waals surface area contributed by atoms with Crippen molar-refractivity contribution >= 4 is 11.7 Å². The second-order valence-electron chi connectivity index (χ2n) is 4.35. The lowest BCUT2D eigenvalue weighted by Gasteiger charge is -2.24. The van der Waals surface area contributed by atoms with Crippen LogP contribution in [0.2, 0.25) is 0 Å². The van der Waals surface area contributed by atoms with Gasteiger partial charge in [-0.2, -0.15) is 0 Å². The summed E-state index contributed by atoms with van der Waals surface area (Å²) >= 11 is 0. The summed E-state index contributed by atoms with van der Waals surface area (Å²) in [6.07, 6.45) is 3.03. The number of aryl methyl sites for hydroxylation is 1. The predicted octanol–water partition coefficient (Wildman–Crippen LogP) is 3.34. The molecule has 0 spiro atoms. The summed E-state index contributed by atoms with van der Waals surface area (Å²) in [5.41, 5.74) is 1.92. The molecule has 0 fully saturated rings. The fourth-order valence-electron chi connectivity index (χ4n) is 1.95. The van der Waals surface area contributed by atoms with Gasteiger partial charge in [0.05, 0.1) is 6.54 Å². The molecule has 2 amide bonds. The molecule has 1 aromatic rings. The van der Waals surface area contributed by atoms with E-state index in [1.165, 1.54) is 11.0 Å². The molecule has 0 bridgehead atoms. The van der Waals surface area contributed by atoms with Crippen LogP contribution in [0.1, 0.15) is 18.9 Å². The first-order chi connectivity index (χ1) is 8.69. The van der Waals surface area contributed by atoms with Gasteiger partial charge >= 0.3 is 6.03 Å². The third kappa shape index (κ3) is 3.09. The first-order valence-corrected chi connectivity index (χ1v) is 6.18. The molecule has 0 saturated carbocycles. The summed E-state index contributed by atoms with van der Waals surface area (Å²) in [7, 11) is 0. The SMILES string of the molecule is CCc1cccc(NC(=O)N2CCC=C(F)C2)c1. The van der Waals surface area contributed by atoms with Crippen molar-refractivity contribution in [2.24, 2.45) is 0 Å². The fraction of sp³-hybridized carbons (Fsp3) is 0.357. The van der Waals surface area contributed by atoms with Gasteiger partial charge in [-0.25, -0.2) is 9.18 Å². The highest BCUT2D eigenvalue weighted by Gasteiger charge is 2.18. The topological polar surface area (TPSA) is 32.3 Å². The van der Waals surface area contributed by atoms with Gasteiger partial charge in [-0.1, -0.05) is 19.1 Å². The van der Waals surface area contributed by atoms with Crippen molar-refractivity contribution in [1.82, 2.24) is 4.90 Å². The summed E-state index contributed by atoms with van der Waals surface area (Å²) in [4.78, 5) is 13.4. The molecular weight excluding hydrogens is 231 g/mol. The number of nitrogens with zero attached hydrogens (tertiary/aromatic N) is 1. The van der Waals surface area contributed by atoms with Gasteiger partial charge in [0.25, 0.3) is 0 Å². The zero-order valence-electron chi connectivity index (χ0n) is 10.4. The molecule has 4 heteroatoms. The van der Waals surface area contributed by atoms with Crippen molar-refractivity contribution in [3.63, 3.8) is 0 Å². The smallest absolute Gasteiger partial charge is 0.318 e. The first kappa shape index (κ1) is 12.6. The first-order valence-electron chi connectivity index (χ1n) is 6.18. The van der Waals surface area contributed by atoms with Crippen LogP contribution in [0.3, 0.4) is 0 Å². The number of carbonyl (C=O) groups is 1. The molecule has 1 N–H and O–H groups in total. The quantitative estimate of drug-likeness (QED) is 0.855.